The zero-order valence-electron chi connectivity index (χ0n) is 7.30. The number of nitrogens with zero attached hydrogens (tertiary/aromatic N) is 1. The minimum Gasteiger partial charge on any atom is -0.424 e. The first-order valence-corrected chi connectivity index (χ1v) is 4.73. The van der Waals surface area contributed by atoms with E-state index in [1.807, 2.05) is 0 Å². The molecule has 1 aromatic carbocycles. The Morgan fingerprint density at radius 2 is 1.93 bits per heavy atom. The van der Waals surface area contributed by atoms with Crippen molar-refractivity contribution in [2.45, 2.75) is 0 Å². The number of nitrogen functional groups attached to an aromatic ring is 1. The van der Waals surface area contributed by atoms with Gasteiger partial charge in [-0.2, -0.15) is 0 Å². The normalized spacial score (nSPS) is 10.6. The number of halogens is 3. The second kappa shape index (κ2) is 3.62. The van der Waals surface area contributed by atoms with E-state index in [-0.39, 0.29) is 11.8 Å². The first-order chi connectivity index (χ1) is 7.08. The molecule has 0 radical (unpaired) electrons. The highest BCUT2D eigenvalue weighted by Gasteiger charge is 2.12. The van der Waals surface area contributed by atoms with E-state index in [0.29, 0.717) is 10.0 Å². The monoisotopic (exact) mass is 274 g/mol. The lowest BCUT2D eigenvalue weighted by atomic mass is 10.2. The van der Waals surface area contributed by atoms with Crippen molar-refractivity contribution in [3.63, 3.8) is 0 Å². The third-order valence-electron chi connectivity index (χ3n) is 1.80. The quantitative estimate of drug-likeness (QED) is 0.814. The largest absolute Gasteiger partial charge is 0.424 e. The van der Waals surface area contributed by atoms with Gasteiger partial charge in [0.15, 0.2) is 17.4 Å². The number of aromatic nitrogens is 1. The maximum absolute atomic E-state index is 13.0. The van der Waals surface area contributed by atoms with Crippen molar-refractivity contribution in [3.8, 4) is 11.3 Å². The lowest BCUT2D eigenvalue weighted by Crippen LogP contribution is -1.86. The standard InChI is InChI=1S/C9H5BrF2N2O/c10-5-2-7(12)6(11)1-4(5)8-3-14-9(13)15-8/h1-3H,(H2,13,14). The van der Waals surface area contributed by atoms with Crippen LogP contribution >= 0.6 is 15.9 Å². The van der Waals surface area contributed by atoms with Gasteiger partial charge < -0.3 is 10.2 Å². The van der Waals surface area contributed by atoms with E-state index >= 15 is 0 Å². The summed E-state index contributed by atoms with van der Waals surface area (Å²) in [7, 11) is 0. The summed E-state index contributed by atoms with van der Waals surface area (Å²) in [5, 5.41) is 0. The van der Waals surface area contributed by atoms with E-state index in [9.17, 15) is 8.78 Å². The summed E-state index contributed by atoms with van der Waals surface area (Å²) in [4.78, 5) is 3.66. The Balaban J connectivity index is 2.58. The molecule has 0 saturated carbocycles. The lowest BCUT2D eigenvalue weighted by molar-refractivity contribution is 0.507. The topological polar surface area (TPSA) is 52.0 Å². The van der Waals surface area contributed by atoms with Gasteiger partial charge >= 0.3 is 0 Å². The van der Waals surface area contributed by atoms with E-state index in [4.69, 9.17) is 10.2 Å². The predicted octanol–water partition coefficient (Wildman–Crippen LogP) is 2.96. The molecule has 6 heteroatoms. The Labute approximate surface area is 92.0 Å². The van der Waals surface area contributed by atoms with Crippen LogP contribution in [0.4, 0.5) is 14.8 Å². The molecule has 2 rings (SSSR count). The molecule has 0 aliphatic rings. The zero-order chi connectivity index (χ0) is 11.0. The molecule has 15 heavy (non-hydrogen) atoms. The van der Waals surface area contributed by atoms with Gasteiger partial charge in [-0.25, -0.2) is 13.8 Å². The van der Waals surface area contributed by atoms with Crippen LogP contribution in [-0.4, -0.2) is 4.98 Å². The maximum Gasteiger partial charge on any atom is 0.292 e. The summed E-state index contributed by atoms with van der Waals surface area (Å²) in [6, 6.07) is 2.00. The Kier molecular flexibility index (Phi) is 2.44. The van der Waals surface area contributed by atoms with Crippen LogP contribution in [0.3, 0.4) is 0 Å². The van der Waals surface area contributed by atoms with Gasteiger partial charge in [0.2, 0.25) is 0 Å². The van der Waals surface area contributed by atoms with E-state index in [1.54, 1.807) is 0 Å². The van der Waals surface area contributed by atoms with Crippen LogP contribution in [0.25, 0.3) is 11.3 Å². The summed E-state index contributed by atoms with van der Waals surface area (Å²) in [6.45, 7) is 0. The van der Waals surface area contributed by atoms with Gasteiger partial charge in [0.1, 0.15) is 0 Å². The summed E-state index contributed by atoms with van der Waals surface area (Å²) in [5.74, 6) is -1.61. The molecular weight excluding hydrogens is 270 g/mol. The van der Waals surface area contributed by atoms with E-state index in [1.165, 1.54) is 6.20 Å². The highest BCUT2D eigenvalue weighted by Crippen LogP contribution is 2.31. The Morgan fingerprint density at radius 1 is 1.27 bits per heavy atom. The molecule has 2 aromatic rings. The smallest absolute Gasteiger partial charge is 0.292 e. The molecule has 2 N–H and O–H groups in total. The average Bonchev–Trinajstić information content (AvgIpc) is 2.58. The van der Waals surface area contributed by atoms with Crippen molar-refractivity contribution in [2.24, 2.45) is 0 Å². The summed E-state index contributed by atoms with van der Waals surface area (Å²) in [6.07, 6.45) is 1.34. The van der Waals surface area contributed by atoms with Gasteiger partial charge in [0, 0.05) is 10.0 Å². The first kappa shape index (κ1) is 10.1. The molecule has 1 aromatic heterocycles. The molecule has 1 heterocycles. The number of benzene rings is 1. The second-order valence-electron chi connectivity index (χ2n) is 2.81. The van der Waals surface area contributed by atoms with E-state index in [0.717, 1.165) is 12.1 Å². The van der Waals surface area contributed by atoms with Gasteiger partial charge in [-0.15, -0.1) is 0 Å². The van der Waals surface area contributed by atoms with Gasteiger partial charge in [-0.05, 0) is 28.1 Å². The number of rotatable bonds is 1. The molecule has 0 aliphatic carbocycles. The fourth-order valence-corrected chi connectivity index (χ4v) is 1.63. The van der Waals surface area contributed by atoms with Crippen molar-refractivity contribution >= 4 is 21.9 Å². The molecule has 0 atom stereocenters. The molecule has 0 spiro atoms. The zero-order valence-corrected chi connectivity index (χ0v) is 8.88. The Bertz CT molecular complexity index is 513. The SMILES string of the molecule is Nc1ncc(-c2cc(F)c(F)cc2Br)o1. The highest BCUT2D eigenvalue weighted by atomic mass is 79.9. The molecule has 0 saturated heterocycles. The maximum atomic E-state index is 13.0. The van der Waals surface area contributed by atoms with Gasteiger partial charge in [-0.3, -0.25) is 0 Å². The average molecular weight is 275 g/mol. The molecule has 0 amide bonds. The van der Waals surface area contributed by atoms with Crippen LogP contribution in [0.5, 0.6) is 0 Å². The molecule has 0 aliphatic heterocycles. The summed E-state index contributed by atoms with van der Waals surface area (Å²) < 4.78 is 31.1. The highest BCUT2D eigenvalue weighted by molar-refractivity contribution is 9.10. The summed E-state index contributed by atoms with van der Waals surface area (Å²) >= 11 is 3.09. The predicted molar refractivity (Wildman–Crippen MR) is 54.0 cm³/mol. The van der Waals surface area contributed by atoms with Crippen LogP contribution in [0, 0.1) is 11.6 Å². The number of hydrogen-bond acceptors (Lipinski definition) is 3. The minimum absolute atomic E-state index is 0.0263. The van der Waals surface area contributed by atoms with Crippen LogP contribution in [0.2, 0.25) is 0 Å². The van der Waals surface area contributed by atoms with E-state index in [2.05, 4.69) is 20.9 Å². The van der Waals surface area contributed by atoms with Crippen LogP contribution in [0.15, 0.2) is 27.2 Å². The Morgan fingerprint density at radius 3 is 2.53 bits per heavy atom. The molecule has 0 unspecified atom stereocenters. The lowest BCUT2D eigenvalue weighted by Gasteiger charge is -2.01. The van der Waals surface area contributed by atoms with Gasteiger partial charge in [0.25, 0.3) is 6.01 Å². The Hall–Kier alpha value is -1.43. The molecule has 0 fully saturated rings. The van der Waals surface area contributed by atoms with Crippen molar-refractivity contribution in [1.82, 2.24) is 4.98 Å². The van der Waals surface area contributed by atoms with Crippen molar-refractivity contribution in [2.75, 3.05) is 5.73 Å². The van der Waals surface area contributed by atoms with Crippen LogP contribution < -0.4 is 5.73 Å². The fraction of sp³-hybridized carbons (Fsp3) is 0. The van der Waals surface area contributed by atoms with Crippen molar-refractivity contribution in [3.05, 3.63) is 34.4 Å². The number of oxazole rings is 1. The molecule has 78 valence electrons. The number of hydrogen-bond donors (Lipinski definition) is 1. The van der Waals surface area contributed by atoms with E-state index < -0.39 is 11.6 Å². The second-order valence-corrected chi connectivity index (χ2v) is 3.66. The minimum atomic E-state index is -0.955. The first-order valence-electron chi connectivity index (χ1n) is 3.94. The fourth-order valence-electron chi connectivity index (χ4n) is 1.12. The number of nitrogens with two attached hydrogens (primary N) is 1. The van der Waals surface area contributed by atoms with Crippen LogP contribution in [-0.2, 0) is 0 Å². The number of anilines is 1. The van der Waals surface area contributed by atoms with Gasteiger partial charge in [-0.1, -0.05) is 0 Å². The third-order valence-corrected chi connectivity index (χ3v) is 2.46. The molecule has 3 nitrogen and oxygen atoms in total. The van der Waals surface area contributed by atoms with Crippen molar-refractivity contribution in [1.29, 1.82) is 0 Å². The molecular formula is C9H5BrF2N2O. The molecule has 0 bridgehead atoms. The van der Waals surface area contributed by atoms with Gasteiger partial charge in [0.05, 0.1) is 6.20 Å². The summed E-state index contributed by atoms with van der Waals surface area (Å²) in [5.41, 5.74) is 5.63. The van der Waals surface area contributed by atoms with Crippen molar-refractivity contribution < 1.29 is 13.2 Å². The van der Waals surface area contributed by atoms with Crippen LogP contribution in [0.1, 0.15) is 0 Å². The third kappa shape index (κ3) is 1.85.